The summed E-state index contributed by atoms with van der Waals surface area (Å²) in [4.78, 5) is 20.3. The Morgan fingerprint density at radius 1 is 0.296 bits per heavy atom. The molecule has 7 aromatic carbocycles. The average Bonchev–Trinajstić information content (AvgIpc) is 3.21. The van der Waals surface area contributed by atoms with E-state index in [4.69, 9.17) is 15.0 Å². The van der Waals surface area contributed by atoms with Crippen LogP contribution in [0.1, 0.15) is 22.3 Å². The summed E-state index contributed by atoms with van der Waals surface area (Å²) in [7, 11) is 0. The van der Waals surface area contributed by atoms with Gasteiger partial charge in [0.1, 0.15) is 0 Å². The molecule has 262 valence electrons. The number of benzene rings is 7. The van der Waals surface area contributed by atoms with Crippen LogP contribution in [-0.4, -0.2) is 15.0 Å². The predicted octanol–water partition coefficient (Wildman–Crippen LogP) is 13.0. The molecule has 0 radical (unpaired) electrons. The zero-order valence-corrected chi connectivity index (χ0v) is 31.0. The Morgan fingerprint density at radius 2 is 0.593 bits per heavy atom. The molecule has 0 saturated heterocycles. The lowest BCUT2D eigenvalue weighted by Gasteiger charge is -2.28. The molecule has 0 aliphatic rings. The molecular weight excluding hydrogens is 659 g/mol. The van der Waals surface area contributed by atoms with Gasteiger partial charge >= 0.3 is 0 Å². The van der Waals surface area contributed by atoms with Crippen molar-refractivity contribution in [1.29, 1.82) is 0 Å². The highest BCUT2D eigenvalue weighted by atomic mass is 15.2. The fourth-order valence-electron chi connectivity index (χ4n) is 6.68. The Kier molecular flexibility index (Phi) is 9.52. The van der Waals surface area contributed by atoms with Gasteiger partial charge < -0.3 is 9.80 Å². The zero-order valence-electron chi connectivity index (χ0n) is 31.0. The summed E-state index contributed by atoms with van der Waals surface area (Å²) in [5.74, 6) is 1.78. The SMILES string of the molecule is Cc1ccc(N(c2ccc(C)cc2)c2ccccc2-c2nc(-c3ccccc3)nc(-c3ccccc3N(c3ccc(C)cc3)c3ccc(C)cc3)n2)cc1. The molecule has 0 fully saturated rings. The smallest absolute Gasteiger partial charge is 0.166 e. The molecule has 8 rings (SSSR count). The highest BCUT2D eigenvalue weighted by molar-refractivity contribution is 5.89. The maximum absolute atomic E-state index is 5.34. The summed E-state index contributed by atoms with van der Waals surface area (Å²) >= 11 is 0. The second-order valence-electron chi connectivity index (χ2n) is 13.7. The summed E-state index contributed by atoms with van der Waals surface area (Å²) in [5.41, 5.74) is 13.6. The largest absolute Gasteiger partial charge is 0.310 e. The molecule has 0 aliphatic heterocycles. The number of aryl methyl sites for hydroxylation is 4. The first-order valence-electron chi connectivity index (χ1n) is 18.3. The van der Waals surface area contributed by atoms with Gasteiger partial charge in [-0.1, -0.05) is 125 Å². The number of rotatable bonds is 9. The first kappa shape index (κ1) is 34.2. The van der Waals surface area contributed by atoms with Crippen molar-refractivity contribution in [2.45, 2.75) is 27.7 Å². The first-order valence-corrected chi connectivity index (χ1v) is 18.3. The zero-order chi connectivity index (χ0) is 37.0. The molecule has 5 nitrogen and oxygen atoms in total. The van der Waals surface area contributed by atoms with Gasteiger partial charge in [0.2, 0.25) is 0 Å². The summed E-state index contributed by atoms with van der Waals surface area (Å²) in [6.45, 7) is 8.45. The highest BCUT2D eigenvalue weighted by Gasteiger charge is 2.23. The molecular formula is C49H41N5. The van der Waals surface area contributed by atoms with E-state index in [-0.39, 0.29) is 0 Å². The topological polar surface area (TPSA) is 45.2 Å². The van der Waals surface area contributed by atoms with Crippen LogP contribution in [0.4, 0.5) is 34.1 Å². The molecule has 8 aromatic rings. The molecule has 0 spiro atoms. The van der Waals surface area contributed by atoms with Gasteiger partial charge in [-0.2, -0.15) is 0 Å². The van der Waals surface area contributed by atoms with Crippen LogP contribution in [0.2, 0.25) is 0 Å². The third kappa shape index (κ3) is 7.12. The number of aromatic nitrogens is 3. The normalized spacial score (nSPS) is 11.0. The highest BCUT2D eigenvalue weighted by Crippen LogP contribution is 2.43. The summed E-state index contributed by atoms with van der Waals surface area (Å²) < 4.78 is 0. The lowest BCUT2D eigenvalue weighted by atomic mass is 10.1. The molecule has 0 aliphatic carbocycles. The van der Waals surface area contributed by atoms with Crippen molar-refractivity contribution < 1.29 is 0 Å². The van der Waals surface area contributed by atoms with Crippen molar-refractivity contribution in [1.82, 2.24) is 15.0 Å². The molecule has 5 heteroatoms. The predicted molar refractivity (Wildman–Crippen MR) is 224 cm³/mol. The lowest BCUT2D eigenvalue weighted by Crippen LogP contribution is -2.13. The third-order valence-corrected chi connectivity index (χ3v) is 9.61. The molecule has 0 saturated carbocycles. The summed E-state index contributed by atoms with van der Waals surface area (Å²) in [6.07, 6.45) is 0. The van der Waals surface area contributed by atoms with Crippen LogP contribution in [0.5, 0.6) is 0 Å². The Labute approximate surface area is 317 Å². The van der Waals surface area contributed by atoms with E-state index in [1.807, 2.05) is 18.2 Å². The fourth-order valence-corrected chi connectivity index (χ4v) is 6.68. The lowest BCUT2D eigenvalue weighted by molar-refractivity contribution is 1.07. The van der Waals surface area contributed by atoms with Crippen molar-refractivity contribution >= 4 is 34.1 Å². The van der Waals surface area contributed by atoms with Crippen molar-refractivity contribution in [2.24, 2.45) is 0 Å². The second kappa shape index (κ2) is 15.0. The van der Waals surface area contributed by atoms with Crippen LogP contribution in [0, 0.1) is 27.7 Å². The van der Waals surface area contributed by atoms with Gasteiger partial charge in [-0.25, -0.2) is 15.0 Å². The first-order chi connectivity index (χ1) is 26.4. The van der Waals surface area contributed by atoms with Gasteiger partial charge in [0, 0.05) is 39.4 Å². The van der Waals surface area contributed by atoms with Gasteiger partial charge in [0.05, 0.1) is 11.4 Å². The van der Waals surface area contributed by atoms with E-state index < -0.39 is 0 Å². The van der Waals surface area contributed by atoms with Gasteiger partial charge in [0.15, 0.2) is 17.5 Å². The van der Waals surface area contributed by atoms with Gasteiger partial charge in [-0.3, -0.25) is 0 Å². The van der Waals surface area contributed by atoms with E-state index in [1.54, 1.807) is 0 Å². The second-order valence-corrected chi connectivity index (χ2v) is 13.7. The third-order valence-electron chi connectivity index (χ3n) is 9.61. The van der Waals surface area contributed by atoms with E-state index in [0.29, 0.717) is 17.5 Å². The molecule has 0 bridgehead atoms. The molecule has 54 heavy (non-hydrogen) atoms. The van der Waals surface area contributed by atoms with Crippen molar-refractivity contribution in [2.75, 3.05) is 9.80 Å². The summed E-state index contributed by atoms with van der Waals surface area (Å²) in [6, 6.07) is 61.5. The van der Waals surface area contributed by atoms with Crippen LogP contribution >= 0.6 is 0 Å². The Balaban J connectivity index is 1.35. The van der Waals surface area contributed by atoms with Crippen LogP contribution in [0.3, 0.4) is 0 Å². The van der Waals surface area contributed by atoms with E-state index in [2.05, 4.69) is 195 Å². The van der Waals surface area contributed by atoms with Gasteiger partial charge in [0.25, 0.3) is 0 Å². The number of nitrogens with zero attached hydrogens (tertiary/aromatic N) is 5. The minimum absolute atomic E-state index is 0.589. The minimum atomic E-state index is 0.589. The molecule has 0 atom stereocenters. The quantitative estimate of drug-likeness (QED) is 0.150. The maximum atomic E-state index is 5.34. The van der Waals surface area contributed by atoms with Crippen LogP contribution < -0.4 is 9.80 Å². The molecule has 1 aromatic heterocycles. The van der Waals surface area contributed by atoms with E-state index in [0.717, 1.165) is 50.8 Å². The van der Waals surface area contributed by atoms with Crippen LogP contribution in [0.15, 0.2) is 176 Å². The monoisotopic (exact) mass is 699 g/mol. The number of hydrogen-bond donors (Lipinski definition) is 0. The molecule has 0 unspecified atom stereocenters. The van der Waals surface area contributed by atoms with E-state index >= 15 is 0 Å². The van der Waals surface area contributed by atoms with Crippen LogP contribution in [-0.2, 0) is 0 Å². The average molecular weight is 700 g/mol. The van der Waals surface area contributed by atoms with Crippen LogP contribution in [0.25, 0.3) is 34.2 Å². The number of hydrogen-bond acceptors (Lipinski definition) is 5. The summed E-state index contributed by atoms with van der Waals surface area (Å²) in [5, 5.41) is 0. The fraction of sp³-hybridized carbons (Fsp3) is 0.0816. The van der Waals surface area contributed by atoms with Crippen molar-refractivity contribution in [3.8, 4) is 34.2 Å². The Hall–Kier alpha value is -6.85. The van der Waals surface area contributed by atoms with Gasteiger partial charge in [-0.05, 0) is 100 Å². The Morgan fingerprint density at radius 3 is 0.944 bits per heavy atom. The Bertz CT molecular complexity index is 2260. The maximum Gasteiger partial charge on any atom is 0.166 e. The molecule has 0 N–H and O–H groups in total. The molecule has 1 heterocycles. The minimum Gasteiger partial charge on any atom is -0.310 e. The number of para-hydroxylation sites is 2. The van der Waals surface area contributed by atoms with Crippen molar-refractivity contribution in [3.05, 3.63) is 198 Å². The molecule has 0 amide bonds. The van der Waals surface area contributed by atoms with E-state index in [9.17, 15) is 0 Å². The van der Waals surface area contributed by atoms with Gasteiger partial charge in [-0.15, -0.1) is 0 Å². The van der Waals surface area contributed by atoms with E-state index in [1.165, 1.54) is 22.3 Å². The standard InChI is InChI=1S/C49H41N5/c1-34-18-26-39(27-19-34)53(40-28-20-35(2)21-29-40)45-16-10-8-14-43(45)48-50-47(38-12-6-5-7-13-38)51-49(52-48)44-15-9-11-17-46(44)54(41-30-22-36(3)23-31-41)42-32-24-37(4)25-33-42/h5-33H,1-4H3. The number of anilines is 6. The van der Waals surface area contributed by atoms with Crippen molar-refractivity contribution in [3.63, 3.8) is 0 Å².